The summed E-state index contributed by atoms with van der Waals surface area (Å²) in [6.45, 7) is 7.95. The van der Waals surface area contributed by atoms with Crippen molar-refractivity contribution >= 4 is 5.91 Å². The molecule has 2 rings (SSSR count). The molecule has 116 valence electrons. The summed E-state index contributed by atoms with van der Waals surface area (Å²) in [7, 11) is 0. The van der Waals surface area contributed by atoms with Gasteiger partial charge in [0.05, 0.1) is 6.04 Å². The zero-order valence-electron chi connectivity index (χ0n) is 12.9. The highest BCUT2D eigenvalue weighted by Crippen LogP contribution is 2.31. The highest BCUT2D eigenvalue weighted by Gasteiger charge is 2.41. The zero-order valence-corrected chi connectivity index (χ0v) is 12.9. The summed E-state index contributed by atoms with van der Waals surface area (Å²) in [6.07, 6.45) is 0.410. The molecule has 0 aliphatic carbocycles. The number of carbonyl (C=O) groups is 1. The first-order chi connectivity index (χ1) is 9.86. The van der Waals surface area contributed by atoms with Crippen LogP contribution in [0.15, 0.2) is 18.2 Å². The Hall–Kier alpha value is -1.49. The predicted molar refractivity (Wildman–Crippen MR) is 77.5 cm³/mol. The maximum atomic E-state index is 13.5. The molecule has 1 fully saturated rings. The molecule has 1 aliphatic rings. The summed E-state index contributed by atoms with van der Waals surface area (Å²) in [4.78, 5) is 14.2. The highest BCUT2D eigenvalue weighted by atomic mass is 19.2. The molecule has 0 saturated carbocycles. The molecule has 5 heteroatoms. The van der Waals surface area contributed by atoms with Gasteiger partial charge in [-0.2, -0.15) is 0 Å². The number of benzene rings is 1. The van der Waals surface area contributed by atoms with E-state index in [4.69, 9.17) is 0 Å². The lowest BCUT2D eigenvalue weighted by Gasteiger charge is -2.35. The lowest BCUT2D eigenvalue weighted by atomic mass is 9.98. The highest BCUT2D eigenvalue weighted by molar-refractivity contribution is 5.84. The van der Waals surface area contributed by atoms with Crippen LogP contribution >= 0.6 is 0 Å². The Morgan fingerprint density at radius 1 is 1.29 bits per heavy atom. The Balaban J connectivity index is 2.39. The second kappa shape index (κ2) is 6.10. The van der Waals surface area contributed by atoms with Crippen molar-refractivity contribution in [2.45, 2.75) is 52.4 Å². The van der Waals surface area contributed by atoms with E-state index in [1.807, 2.05) is 6.92 Å². The fourth-order valence-corrected chi connectivity index (χ4v) is 3.02. The number of nitrogens with zero attached hydrogens (tertiary/aromatic N) is 1. The topological polar surface area (TPSA) is 32.3 Å². The van der Waals surface area contributed by atoms with Crippen LogP contribution in [0.2, 0.25) is 0 Å². The van der Waals surface area contributed by atoms with E-state index in [9.17, 15) is 13.6 Å². The van der Waals surface area contributed by atoms with Crippen LogP contribution in [0.1, 0.15) is 45.8 Å². The number of amides is 1. The van der Waals surface area contributed by atoms with Gasteiger partial charge in [0.2, 0.25) is 5.91 Å². The molecule has 3 unspecified atom stereocenters. The number of carbonyl (C=O) groups excluding carboxylic acids is 1. The number of nitrogens with one attached hydrogen (secondary N) is 1. The fraction of sp³-hybridized carbons (Fsp3) is 0.562. The first kappa shape index (κ1) is 15.9. The van der Waals surface area contributed by atoms with Gasteiger partial charge in [-0.3, -0.25) is 10.1 Å². The van der Waals surface area contributed by atoms with Gasteiger partial charge in [0.25, 0.3) is 0 Å². The van der Waals surface area contributed by atoms with Crippen LogP contribution in [0.4, 0.5) is 8.78 Å². The van der Waals surface area contributed by atoms with Gasteiger partial charge in [-0.1, -0.05) is 26.8 Å². The van der Waals surface area contributed by atoms with E-state index >= 15 is 0 Å². The van der Waals surface area contributed by atoms with E-state index in [0.29, 0.717) is 11.5 Å². The van der Waals surface area contributed by atoms with Crippen molar-refractivity contribution in [2.75, 3.05) is 0 Å². The van der Waals surface area contributed by atoms with Gasteiger partial charge in [-0.05, 0) is 37.0 Å². The van der Waals surface area contributed by atoms with Crippen molar-refractivity contribution in [3.05, 3.63) is 35.4 Å². The van der Waals surface area contributed by atoms with Crippen molar-refractivity contribution in [1.29, 1.82) is 0 Å². The van der Waals surface area contributed by atoms with E-state index in [1.54, 1.807) is 11.8 Å². The maximum absolute atomic E-state index is 13.5. The third-order valence-electron chi connectivity index (χ3n) is 4.12. The summed E-state index contributed by atoms with van der Waals surface area (Å²) in [5.74, 6) is -1.47. The molecular formula is C16H22F2N2O. The van der Waals surface area contributed by atoms with Gasteiger partial charge in [0, 0.05) is 6.04 Å². The number of rotatable bonds is 4. The molecule has 0 aromatic heterocycles. The third kappa shape index (κ3) is 2.93. The molecular weight excluding hydrogens is 274 g/mol. The second-order valence-corrected chi connectivity index (χ2v) is 5.93. The van der Waals surface area contributed by atoms with Gasteiger partial charge in [0.1, 0.15) is 6.17 Å². The minimum absolute atomic E-state index is 0.00489. The second-order valence-electron chi connectivity index (χ2n) is 5.93. The van der Waals surface area contributed by atoms with Crippen LogP contribution in [0.3, 0.4) is 0 Å². The molecule has 1 N–H and O–H groups in total. The fourth-order valence-electron chi connectivity index (χ4n) is 3.02. The lowest BCUT2D eigenvalue weighted by molar-refractivity contribution is -0.133. The Kier molecular flexibility index (Phi) is 4.61. The normalized spacial score (nSPS) is 24.0. The molecule has 21 heavy (non-hydrogen) atoms. The smallest absolute Gasteiger partial charge is 0.241 e. The van der Waals surface area contributed by atoms with Crippen molar-refractivity contribution < 1.29 is 13.6 Å². The molecule has 1 amide bonds. The van der Waals surface area contributed by atoms with Gasteiger partial charge in [-0.15, -0.1) is 0 Å². The zero-order chi connectivity index (χ0) is 15.7. The van der Waals surface area contributed by atoms with Gasteiger partial charge in [-0.25, -0.2) is 8.78 Å². The summed E-state index contributed by atoms with van der Waals surface area (Å²) < 4.78 is 26.6. The average Bonchev–Trinajstić information content (AvgIpc) is 2.71. The van der Waals surface area contributed by atoms with E-state index < -0.39 is 17.8 Å². The monoisotopic (exact) mass is 296 g/mol. The molecule has 1 heterocycles. The van der Waals surface area contributed by atoms with Crippen LogP contribution in [0.25, 0.3) is 0 Å². The summed E-state index contributed by atoms with van der Waals surface area (Å²) in [6, 6.07) is 3.54. The van der Waals surface area contributed by atoms with Crippen molar-refractivity contribution in [2.24, 2.45) is 5.92 Å². The molecule has 1 aromatic rings. The van der Waals surface area contributed by atoms with Crippen LogP contribution in [0.5, 0.6) is 0 Å². The molecule has 3 nitrogen and oxygen atoms in total. The molecule has 0 radical (unpaired) electrons. The standard InChI is InChI=1S/C16H22F2N2O/c1-5-14(9(2)3)20-15(19-10(4)16(20)21)11-6-7-12(17)13(18)8-11/h6-10,14-15,19H,5H2,1-4H3. The SMILES string of the molecule is CCC(C(C)C)N1C(=O)C(C)NC1c1ccc(F)c(F)c1. The molecule has 0 spiro atoms. The Morgan fingerprint density at radius 2 is 1.95 bits per heavy atom. The third-order valence-corrected chi connectivity index (χ3v) is 4.12. The molecule has 3 atom stereocenters. The van der Waals surface area contributed by atoms with Crippen LogP contribution < -0.4 is 5.32 Å². The van der Waals surface area contributed by atoms with E-state index in [1.165, 1.54) is 12.1 Å². The lowest BCUT2D eigenvalue weighted by Crippen LogP contribution is -2.42. The van der Waals surface area contributed by atoms with Crippen LogP contribution in [-0.4, -0.2) is 22.9 Å². The van der Waals surface area contributed by atoms with E-state index in [2.05, 4.69) is 19.2 Å². The summed E-state index contributed by atoms with van der Waals surface area (Å²) in [5, 5.41) is 3.17. The molecule has 1 saturated heterocycles. The summed E-state index contributed by atoms with van der Waals surface area (Å²) >= 11 is 0. The minimum Gasteiger partial charge on any atom is -0.318 e. The van der Waals surface area contributed by atoms with Crippen LogP contribution in [-0.2, 0) is 4.79 Å². The number of halogens is 2. The average molecular weight is 296 g/mol. The predicted octanol–water partition coefficient (Wildman–Crippen LogP) is 3.22. The molecule has 0 bridgehead atoms. The first-order valence-corrected chi connectivity index (χ1v) is 7.40. The Labute approximate surface area is 124 Å². The van der Waals surface area contributed by atoms with Crippen molar-refractivity contribution in [1.82, 2.24) is 10.2 Å². The summed E-state index contributed by atoms with van der Waals surface area (Å²) in [5.41, 5.74) is 0.575. The largest absolute Gasteiger partial charge is 0.318 e. The van der Waals surface area contributed by atoms with Crippen molar-refractivity contribution in [3.8, 4) is 0 Å². The van der Waals surface area contributed by atoms with Gasteiger partial charge >= 0.3 is 0 Å². The van der Waals surface area contributed by atoms with E-state index in [-0.39, 0.29) is 18.0 Å². The quantitative estimate of drug-likeness (QED) is 0.925. The van der Waals surface area contributed by atoms with Crippen molar-refractivity contribution in [3.63, 3.8) is 0 Å². The Morgan fingerprint density at radius 3 is 2.48 bits per heavy atom. The number of hydrogen-bond donors (Lipinski definition) is 1. The van der Waals surface area contributed by atoms with Crippen LogP contribution in [0, 0.1) is 17.6 Å². The van der Waals surface area contributed by atoms with Gasteiger partial charge < -0.3 is 4.90 Å². The molecule has 1 aromatic carbocycles. The maximum Gasteiger partial charge on any atom is 0.241 e. The Bertz CT molecular complexity index is 533. The van der Waals surface area contributed by atoms with E-state index in [0.717, 1.165) is 12.5 Å². The van der Waals surface area contributed by atoms with Gasteiger partial charge in [0.15, 0.2) is 11.6 Å². The number of hydrogen-bond acceptors (Lipinski definition) is 2. The first-order valence-electron chi connectivity index (χ1n) is 7.40. The minimum atomic E-state index is -0.890. The molecule has 1 aliphatic heterocycles.